The second-order valence-electron chi connectivity index (χ2n) is 3.78. The SMILES string of the molecule is Nc1ccc(Cc2cc(Cl)c(Cl)cc2Cl)cc1. The molecule has 0 amide bonds. The van der Waals surface area contributed by atoms with Crippen molar-refractivity contribution in [2.45, 2.75) is 6.42 Å². The summed E-state index contributed by atoms with van der Waals surface area (Å²) in [6, 6.07) is 11.1. The van der Waals surface area contributed by atoms with Gasteiger partial charge in [-0.3, -0.25) is 0 Å². The topological polar surface area (TPSA) is 26.0 Å². The van der Waals surface area contributed by atoms with Crippen LogP contribution in [0.3, 0.4) is 0 Å². The lowest BCUT2D eigenvalue weighted by molar-refractivity contribution is 1.19. The van der Waals surface area contributed by atoms with E-state index in [0.717, 1.165) is 16.8 Å². The zero-order valence-corrected chi connectivity index (χ0v) is 11.2. The number of anilines is 1. The molecule has 1 nitrogen and oxygen atoms in total. The molecule has 88 valence electrons. The normalized spacial score (nSPS) is 10.5. The average molecular weight is 287 g/mol. The molecule has 2 rings (SSSR count). The summed E-state index contributed by atoms with van der Waals surface area (Å²) in [5.74, 6) is 0. The Hall–Kier alpha value is -0.890. The van der Waals surface area contributed by atoms with Gasteiger partial charge in [0.1, 0.15) is 0 Å². The van der Waals surface area contributed by atoms with Crippen LogP contribution in [0, 0.1) is 0 Å². The Morgan fingerprint density at radius 1 is 0.824 bits per heavy atom. The molecule has 0 unspecified atom stereocenters. The van der Waals surface area contributed by atoms with Crippen molar-refractivity contribution in [3.05, 3.63) is 62.6 Å². The van der Waals surface area contributed by atoms with Gasteiger partial charge in [0.15, 0.2) is 0 Å². The molecule has 2 aromatic rings. The first-order valence-electron chi connectivity index (χ1n) is 5.04. The van der Waals surface area contributed by atoms with Gasteiger partial charge in [-0.1, -0.05) is 46.9 Å². The molecule has 0 saturated heterocycles. The number of nitrogens with two attached hydrogens (primary N) is 1. The van der Waals surface area contributed by atoms with Crippen molar-refractivity contribution in [2.75, 3.05) is 5.73 Å². The van der Waals surface area contributed by atoms with E-state index in [4.69, 9.17) is 40.5 Å². The fraction of sp³-hybridized carbons (Fsp3) is 0.0769. The molecule has 0 heterocycles. The monoisotopic (exact) mass is 285 g/mol. The maximum absolute atomic E-state index is 6.11. The lowest BCUT2D eigenvalue weighted by Crippen LogP contribution is -1.91. The largest absolute Gasteiger partial charge is 0.399 e. The Kier molecular flexibility index (Phi) is 3.82. The van der Waals surface area contributed by atoms with Crippen LogP contribution in [0.25, 0.3) is 0 Å². The van der Waals surface area contributed by atoms with E-state index < -0.39 is 0 Å². The molecule has 0 radical (unpaired) electrons. The highest BCUT2D eigenvalue weighted by Gasteiger charge is 2.06. The maximum Gasteiger partial charge on any atom is 0.0607 e. The van der Waals surface area contributed by atoms with Crippen LogP contribution in [0.5, 0.6) is 0 Å². The molecule has 17 heavy (non-hydrogen) atoms. The van der Waals surface area contributed by atoms with Crippen LogP contribution in [0.15, 0.2) is 36.4 Å². The van der Waals surface area contributed by atoms with Crippen LogP contribution in [-0.2, 0) is 6.42 Å². The smallest absolute Gasteiger partial charge is 0.0607 e. The van der Waals surface area contributed by atoms with Gasteiger partial charge in [-0.25, -0.2) is 0 Å². The molecule has 0 spiro atoms. The van der Waals surface area contributed by atoms with E-state index in [2.05, 4.69) is 0 Å². The van der Waals surface area contributed by atoms with E-state index in [-0.39, 0.29) is 0 Å². The number of benzene rings is 2. The van der Waals surface area contributed by atoms with Crippen molar-refractivity contribution in [1.29, 1.82) is 0 Å². The van der Waals surface area contributed by atoms with Crippen molar-refractivity contribution < 1.29 is 0 Å². The molecule has 0 aliphatic heterocycles. The van der Waals surface area contributed by atoms with Gasteiger partial charge in [0.2, 0.25) is 0 Å². The third-order valence-corrected chi connectivity index (χ3v) is 3.54. The molecule has 2 aromatic carbocycles. The van der Waals surface area contributed by atoms with E-state index in [1.807, 2.05) is 24.3 Å². The third-order valence-electron chi connectivity index (χ3n) is 2.46. The first-order valence-corrected chi connectivity index (χ1v) is 6.17. The Morgan fingerprint density at radius 3 is 2.06 bits per heavy atom. The van der Waals surface area contributed by atoms with Crippen LogP contribution >= 0.6 is 34.8 Å². The summed E-state index contributed by atoms with van der Waals surface area (Å²) in [6.45, 7) is 0. The van der Waals surface area contributed by atoms with Crippen molar-refractivity contribution in [3.63, 3.8) is 0 Å². The highest BCUT2D eigenvalue weighted by molar-refractivity contribution is 6.43. The zero-order valence-electron chi connectivity index (χ0n) is 8.88. The summed E-state index contributed by atoms with van der Waals surface area (Å²) in [7, 11) is 0. The second-order valence-corrected chi connectivity index (χ2v) is 5.00. The minimum Gasteiger partial charge on any atom is -0.399 e. The number of hydrogen-bond donors (Lipinski definition) is 1. The van der Waals surface area contributed by atoms with Crippen molar-refractivity contribution in [2.24, 2.45) is 0 Å². The van der Waals surface area contributed by atoms with Gasteiger partial charge in [-0.15, -0.1) is 0 Å². The second kappa shape index (κ2) is 5.18. The molecule has 0 atom stereocenters. The summed E-state index contributed by atoms with van der Waals surface area (Å²) in [5, 5.41) is 1.61. The van der Waals surface area contributed by atoms with E-state index >= 15 is 0 Å². The predicted octanol–water partition coefficient (Wildman–Crippen LogP) is 4.82. The van der Waals surface area contributed by atoms with Crippen molar-refractivity contribution in [1.82, 2.24) is 0 Å². The lowest BCUT2D eigenvalue weighted by Gasteiger charge is -2.07. The Balaban J connectivity index is 2.30. The van der Waals surface area contributed by atoms with E-state index in [1.165, 1.54) is 0 Å². The molecule has 0 aliphatic rings. The van der Waals surface area contributed by atoms with Crippen LogP contribution in [0.2, 0.25) is 15.1 Å². The maximum atomic E-state index is 6.11. The van der Waals surface area contributed by atoms with Gasteiger partial charge in [0, 0.05) is 10.7 Å². The summed E-state index contributed by atoms with van der Waals surface area (Å²) >= 11 is 18.0. The Labute approximate surface area is 115 Å². The van der Waals surface area contributed by atoms with Gasteiger partial charge >= 0.3 is 0 Å². The molecular weight excluding hydrogens is 277 g/mol. The highest BCUT2D eigenvalue weighted by Crippen LogP contribution is 2.30. The van der Waals surface area contributed by atoms with Crippen molar-refractivity contribution >= 4 is 40.5 Å². The van der Waals surface area contributed by atoms with Gasteiger partial charge in [0.05, 0.1) is 10.0 Å². The molecule has 0 fully saturated rings. The van der Waals surface area contributed by atoms with Gasteiger partial charge < -0.3 is 5.73 Å². The van der Waals surface area contributed by atoms with Gasteiger partial charge in [-0.2, -0.15) is 0 Å². The number of hydrogen-bond acceptors (Lipinski definition) is 1. The minimum atomic E-state index is 0.470. The number of rotatable bonds is 2. The van der Waals surface area contributed by atoms with Gasteiger partial charge in [0.25, 0.3) is 0 Å². The van der Waals surface area contributed by atoms with E-state index in [1.54, 1.807) is 12.1 Å². The first-order chi connectivity index (χ1) is 8.06. The van der Waals surface area contributed by atoms with Crippen LogP contribution in [0.1, 0.15) is 11.1 Å². The molecule has 2 N–H and O–H groups in total. The van der Waals surface area contributed by atoms with Crippen molar-refractivity contribution in [3.8, 4) is 0 Å². The number of nitrogen functional groups attached to an aromatic ring is 1. The third kappa shape index (κ3) is 3.06. The predicted molar refractivity (Wildman–Crippen MR) is 75.1 cm³/mol. The minimum absolute atomic E-state index is 0.470. The molecule has 0 saturated carbocycles. The van der Waals surface area contributed by atoms with E-state index in [0.29, 0.717) is 21.5 Å². The standard InChI is InChI=1S/C13H10Cl3N/c14-11-7-13(16)12(15)6-9(11)5-8-1-3-10(17)4-2-8/h1-4,6-7H,5,17H2. The molecule has 0 aliphatic carbocycles. The quantitative estimate of drug-likeness (QED) is 0.621. The summed E-state index contributed by atoms with van der Waals surface area (Å²) < 4.78 is 0. The Morgan fingerprint density at radius 2 is 1.41 bits per heavy atom. The fourth-order valence-electron chi connectivity index (χ4n) is 1.55. The van der Waals surface area contributed by atoms with E-state index in [9.17, 15) is 0 Å². The molecular formula is C13H10Cl3N. The molecule has 0 bridgehead atoms. The average Bonchev–Trinajstić information content (AvgIpc) is 2.29. The van der Waals surface area contributed by atoms with Gasteiger partial charge in [-0.05, 0) is 41.8 Å². The highest BCUT2D eigenvalue weighted by atomic mass is 35.5. The van der Waals surface area contributed by atoms with Crippen LogP contribution in [-0.4, -0.2) is 0 Å². The van der Waals surface area contributed by atoms with Crippen LogP contribution < -0.4 is 5.73 Å². The number of halogens is 3. The summed E-state index contributed by atoms with van der Waals surface area (Å²) in [4.78, 5) is 0. The summed E-state index contributed by atoms with van der Waals surface area (Å²) in [5.41, 5.74) is 8.45. The van der Waals surface area contributed by atoms with Crippen LogP contribution in [0.4, 0.5) is 5.69 Å². The lowest BCUT2D eigenvalue weighted by atomic mass is 10.0. The molecule has 0 aromatic heterocycles. The zero-order chi connectivity index (χ0) is 12.4. The molecule has 4 heteroatoms. The fourth-order valence-corrected chi connectivity index (χ4v) is 2.19. The Bertz CT molecular complexity index is 535. The summed E-state index contributed by atoms with van der Waals surface area (Å²) in [6.07, 6.45) is 0.704. The first kappa shape index (κ1) is 12.6.